The van der Waals surface area contributed by atoms with E-state index in [0.29, 0.717) is 17.2 Å². The van der Waals surface area contributed by atoms with Crippen molar-refractivity contribution in [2.45, 2.75) is 33.5 Å². The molecule has 0 aliphatic carbocycles. The molecule has 0 atom stereocenters. The molecule has 154 valence electrons. The molecular weight excluding hydrogens is 380 g/mol. The molecule has 0 amide bonds. The smallest absolute Gasteiger partial charge is 0.227 e. The summed E-state index contributed by atoms with van der Waals surface area (Å²) in [4.78, 5) is 8.87. The highest BCUT2D eigenvalue weighted by molar-refractivity contribution is 6.08. The molecule has 0 saturated heterocycles. The Kier molecular flexibility index (Phi) is 4.19. The molecule has 0 spiro atoms. The number of para-hydroxylation sites is 1. The van der Waals surface area contributed by atoms with Crippen LogP contribution >= 0.6 is 0 Å². The number of aromatic nitrogens is 2. The summed E-state index contributed by atoms with van der Waals surface area (Å²) >= 11 is 0. The van der Waals surface area contributed by atoms with Crippen LogP contribution in [0.15, 0.2) is 77.3 Å². The van der Waals surface area contributed by atoms with Crippen LogP contribution in [0, 0.1) is 12.8 Å². The maximum atomic E-state index is 7.64. The average Bonchev–Trinajstić information content (AvgIpc) is 3.18. The largest absolute Gasteiger partial charge is 0.437 e. The highest BCUT2D eigenvalue weighted by Gasteiger charge is 2.14. The second-order valence-corrected chi connectivity index (χ2v) is 8.47. The van der Waals surface area contributed by atoms with Crippen LogP contribution < -0.4 is 0 Å². The van der Waals surface area contributed by atoms with Gasteiger partial charge >= 0.3 is 0 Å². The SMILES string of the molecule is [2H]C([2H])([2H])c1ccc2c(n1)oc1c(-c3cc(Cc4ccc(CC(C)C)cc4)ccn3)cccc12. The van der Waals surface area contributed by atoms with Gasteiger partial charge in [-0.1, -0.05) is 50.2 Å². The predicted octanol–water partition coefficient (Wildman–Crippen LogP) is 7.14. The van der Waals surface area contributed by atoms with Crippen LogP contribution in [-0.2, 0) is 12.8 Å². The number of benzene rings is 2. The molecule has 5 aromatic rings. The van der Waals surface area contributed by atoms with Gasteiger partial charge in [0.15, 0.2) is 0 Å². The fourth-order valence-electron chi connectivity index (χ4n) is 4.11. The number of hydrogen-bond donors (Lipinski definition) is 0. The maximum Gasteiger partial charge on any atom is 0.227 e. The molecule has 0 radical (unpaired) electrons. The number of fused-ring (bicyclic) bond motifs is 3. The van der Waals surface area contributed by atoms with Crippen LogP contribution in [0.25, 0.3) is 33.3 Å². The number of pyridine rings is 2. The lowest BCUT2D eigenvalue weighted by molar-refractivity contribution is 0.647. The topological polar surface area (TPSA) is 38.9 Å². The fourth-order valence-corrected chi connectivity index (χ4v) is 4.11. The molecule has 3 heterocycles. The Bertz CT molecular complexity index is 1470. The van der Waals surface area contributed by atoms with Gasteiger partial charge in [0.05, 0.1) is 5.69 Å². The van der Waals surface area contributed by atoms with Gasteiger partial charge in [0.1, 0.15) is 5.58 Å². The minimum Gasteiger partial charge on any atom is -0.437 e. The summed E-state index contributed by atoms with van der Waals surface area (Å²) in [7, 11) is 0. The van der Waals surface area contributed by atoms with Crippen molar-refractivity contribution in [3.05, 3.63) is 95.3 Å². The van der Waals surface area contributed by atoms with E-state index in [4.69, 9.17) is 8.53 Å². The number of hydrogen-bond acceptors (Lipinski definition) is 3. The molecular formula is C28H26N2O. The standard InChI is InChI=1S/C28H26N2O/c1-18(2)15-20-8-10-21(11-9-20)16-22-13-14-29-26(17-22)25-6-4-5-23-24-12-7-19(3)30-28(24)31-27(23)25/h4-14,17-18H,15-16H2,1-3H3/i3D3. The van der Waals surface area contributed by atoms with Gasteiger partial charge in [0.2, 0.25) is 5.71 Å². The molecule has 0 N–H and O–H groups in total. The summed E-state index contributed by atoms with van der Waals surface area (Å²) in [5.74, 6) is 0.643. The van der Waals surface area contributed by atoms with Gasteiger partial charge in [-0.2, -0.15) is 0 Å². The zero-order valence-corrected chi connectivity index (χ0v) is 17.7. The molecule has 3 heteroatoms. The molecule has 5 rings (SSSR count). The molecule has 0 aliphatic heterocycles. The first-order valence-corrected chi connectivity index (χ1v) is 10.6. The third-order valence-corrected chi connectivity index (χ3v) is 5.54. The van der Waals surface area contributed by atoms with Crippen LogP contribution in [0.4, 0.5) is 0 Å². The monoisotopic (exact) mass is 409 g/mol. The molecule has 0 unspecified atom stereocenters. The van der Waals surface area contributed by atoms with Crippen molar-refractivity contribution in [3.8, 4) is 11.3 Å². The molecule has 0 aliphatic rings. The van der Waals surface area contributed by atoms with E-state index in [2.05, 4.69) is 54.1 Å². The zero-order valence-electron chi connectivity index (χ0n) is 20.7. The van der Waals surface area contributed by atoms with Gasteiger partial charge in [0, 0.05) is 32.3 Å². The van der Waals surface area contributed by atoms with E-state index in [0.717, 1.165) is 40.4 Å². The first-order valence-electron chi connectivity index (χ1n) is 12.1. The number of rotatable bonds is 5. The number of aryl methyl sites for hydroxylation is 1. The van der Waals surface area contributed by atoms with Gasteiger partial charge in [0.25, 0.3) is 0 Å². The third-order valence-electron chi connectivity index (χ3n) is 5.54. The van der Waals surface area contributed by atoms with Crippen molar-refractivity contribution in [1.29, 1.82) is 0 Å². The minimum absolute atomic E-state index is 0.0279. The molecule has 0 fully saturated rings. The Hall–Kier alpha value is -3.46. The van der Waals surface area contributed by atoms with E-state index in [1.807, 2.05) is 30.5 Å². The van der Waals surface area contributed by atoms with E-state index >= 15 is 0 Å². The molecule has 2 aromatic carbocycles. The summed E-state index contributed by atoms with van der Waals surface area (Å²) < 4.78 is 29.0. The van der Waals surface area contributed by atoms with Crippen molar-refractivity contribution in [2.24, 2.45) is 5.92 Å². The lowest BCUT2D eigenvalue weighted by Gasteiger charge is -2.08. The zero-order chi connectivity index (χ0) is 23.9. The van der Waals surface area contributed by atoms with Gasteiger partial charge < -0.3 is 4.42 Å². The number of furan rings is 1. The lowest BCUT2D eigenvalue weighted by atomic mass is 9.98. The Morgan fingerprint density at radius 1 is 0.903 bits per heavy atom. The second-order valence-electron chi connectivity index (χ2n) is 8.47. The van der Waals surface area contributed by atoms with Crippen molar-refractivity contribution in [3.63, 3.8) is 0 Å². The summed E-state index contributed by atoms with van der Waals surface area (Å²) in [6.07, 6.45) is 3.73. The Labute approximate surface area is 187 Å². The minimum atomic E-state index is -2.28. The summed E-state index contributed by atoms with van der Waals surface area (Å²) in [5, 5.41) is 1.69. The van der Waals surface area contributed by atoms with Gasteiger partial charge in [-0.15, -0.1) is 0 Å². The molecule has 3 aromatic heterocycles. The van der Waals surface area contributed by atoms with E-state index in [1.165, 1.54) is 11.1 Å². The van der Waals surface area contributed by atoms with Crippen LogP contribution in [0.5, 0.6) is 0 Å². The van der Waals surface area contributed by atoms with E-state index in [-0.39, 0.29) is 5.69 Å². The van der Waals surface area contributed by atoms with E-state index in [9.17, 15) is 0 Å². The van der Waals surface area contributed by atoms with Gasteiger partial charge in [-0.3, -0.25) is 4.98 Å². The van der Waals surface area contributed by atoms with Gasteiger partial charge in [-0.25, -0.2) is 4.98 Å². The van der Waals surface area contributed by atoms with Crippen LogP contribution in [0.1, 0.15) is 40.3 Å². The molecule has 3 nitrogen and oxygen atoms in total. The van der Waals surface area contributed by atoms with E-state index < -0.39 is 6.85 Å². The third kappa shape index (κ3) is 3.96. The van der Waals surface area contributed by atoms with Crippen LogP contribution in [-0.4, -0.2) is 9.97 Å². The Morgan fingerprint density at radius 3 is 2.55 bits per heavy atom. The molecule has 0 saturated carbocycles. The van der Waals surface area contributed by atoms with Crippen molar-refractivity contribution in [1.82, 2.24) is 9.97 Å². The summed E-state index contributed by atoms with van der Waals surface area (Å²) in [6, 6.07) is 22.2. The van der Waals surface area contributed by atoms with Crippen molar-refractivity contribution in [2.75, 3.05) is 0 Å². The van der Waals surface area contributed by atoms with Crippen molar-refractivity contribution >= 4 is 22.1 Å². The highest BCUT2D eigenvalue weighted by Crippen LogP contribution is 2.34. The van der Waals surface area contributed by atoms with E-state index in [1.54, 1.807) is 12.1 Å². The predicted molar refractivity (Wildman–Crippen MR) is 127 cm³/mol. The summed E-state index contributed by atoms with van der Waals surface area (Å²) in [6.45, 7) is 2.19. The first-order chi connectivity index (χ1) is 16.3. The van der Waals surface area contributed by atoms with Crippen molar-refractivity contribution < 1.29 is 8.53 Å². The average molecular weight is 410 g/mol. The lowest BCUT2D eigenvalue weighted by Crippen LogP contribution is -1.95. The number of nitrogens with zero attached hydrogens (tertiary/aromatic N) is 2. The van der Waals surface area contributed by atoms with Gasteiger partial charge in [-0.05, 0) is 72.6 Å². The van der Waals surface area contributed by atoms with Crippen LogP contribution in [0.2, 0.25) is 0 Å². The Balaban J connectivity index is 1.49. The first kappa shape index (κ1) is 16.3. The maximum absolute atomic E-state index is 7.64. The highest BCUT2D eigenvalue weighted by atomic mass is 16.3. The fraction of sp³-hybridized carbons (Fsp3) is 0.214. The quantitative estimate of drug-likeness (QED) is 0.310. The molecule has 31 heavy (non-hydrogen) atoms. The second kappa shape index (κ2) is 7.99. The normalized spacial score (nSPS) is 13.5. The Morgan fingerprint density at radius 2 is 1.74 bits per heavy atom. The van der Waals surface area contributed by atoms with Crippen LogP contribution in [0.3, 0.4) is 0 Å². The summed E-state index contributed by atoms with van der Waals surface area (Å²) in [5.41, 5.74) is 6.48. The molecule has 0 bridgehead atoms.